The number of nitrogens with one attached hydrogen (secondary N) is 1. The van der Waals surface area contributed by atoms with Crippen molar-refractivity contribution in [2.75, 3.05) is 5.32 Å². The second-order valence-corrected chi connectivity index (χ2v) is 7.35. The largest absolute Gasteiger partial charge is 0.315 e. The predicted octanol–water partition coefficient (Wildman–Crippen LogP) is 5.30. The fraction of sp³-hybridized carbons (Fsp3) is 0.192. The molecule has 31 heavy (non-hydrogen) atoms. The van der Waals surface area contributed by atoms with Crippen molar-refractivity contribution >= 4 is 22.6 Å². The summed E-state index contributed by atoms with van der Waals surface area (Å²) in [5, 5.41) is 11.8. The van der Waals surface area contributed by atoms with E-state index in [0.29, 0.717) is 0 Å². The maximum Gasteiger partial charge on any atom is 0.300 e. The number of aromatic nitrogens is 3. The fourth-order valence-corrected chi connectivity index (χ4v) is 3.17. The monoisotopic (exact) mass is 410 g/mol. The third-order valence-electron chi connectivity index (χ3n) is 4.92. The van der Waals surface area contributed by atoms with Crippen LogP contribution in [0.15, 0.2) is 60.7 Å². The van der Waals surface area contributed by atoms with Crippen LogP contribution in [0.5, 0.6) is 0 Å². The average Bonchev–Trinajstić information content (AvgIpc) is 3.17. The third-order valence-corrected chi connectivity index (χ3v) is 4.92. The lowest BCUT2D eigenvalue weighted by molar-refractivity contribution is -0.111. The molecule has 1 N–H and O–H groups in total. The van der Waals surface area contributed by atoms with Gasteiger partial charge < -0.3 is 5.32 Å². The molecule has 0 spiro atoms. The molecule has 0 radical (unpaired) electrons. The highest BCUT2D eigenvalue weighted by Gasteiger charge is 2.08. The van der Waals surface area contributed by atoms with Crippen molar-refractivity contribution < 1.29 is 4.79 Å². The Balaban J connectivity index is 0.000000187. The zero-order valence-electron chi connectivity index (χ0n) is 18.5. The van der Waals surface area contributed by atoms with Gasteiger partial charge in [0.05, 0.1) is 5.69 Å². The van der Waals surface area contributed by atoms with Crippen molar-refractivity contribution in [2.24, 2.45) is 0 Å². The van der Waals surface area contributed by atoms with Gasteiger partial charge in [-0.25, -0.2) is 0 Å². The Kier molecular flexibility index (Phi) is 6.84. The van der Waals surface area contributed by atoms with Crippen LogP contribution in [0.4, 0.5) is 5.69 Å². The summed E-state index contributed by atoms with van der Waals surface area (Å²) in [4.78, 5) is 12.8. The molecule has 0 saturated heterocycles. The topological polar surface area (TPSA) is 59.8 Å². The molecule has 1 amide bonds. The number of hydrogen-bond acceptors (Lipinski definition) is 3. The Labute approximate surface area is 183 Å². The number of carbonyl (C=O) groups excluding carboxylic acids is 1. The molecule has 156 valence electrons. The number of carbonyl (C=O) groups is 1. The lowest BCUT2D eigenvalue weighted by Gasteiger charge is -2.08. The molecule has 0 fully saturated rings. The zero-order chi connectivity index (χ0) is 22.4. The number of fused-ring (bicyclic) bond motifs is 1. The summed E-state index contributed by atoms with van der Waals surface area (Å²) in [6.45, 7) is 9.90. The van der Waals surface area contributed by atoms with E-state index in [4.69, 9.17) is 0 Å². The first-order valence-corrected chi connectivity index (χ1v) is 10.1. The van der Waals surface area contributed by atoms with Crippen molar-refractivity contribution in [1.82, 2.24) is 15.0 Å². The number of nitrogens with zero attached hydrogens (tertiary/aromatic N) is 3. The van der Waals surface area contributed by atoms with Crippen molar-refractivity contribution in [3.05, 3.63) is 82.9 Å². The van der Waals surface area contributed by atoms with Gasteiger partial charge in [0.15, 0.2) is 0 Å². The minimum Gasteiger partial charge on any atom is -0.315 e. The van der Waals surface area contributed by atoms with E-state index < -0.39 is 0 Å². The van der Waals surface area contributed by atoms with E-state index in [-0.39, 0.29) is 5.91 Å². The molecule has 0 saturated carbocycles. The van der Waals surface area contributed by atoms with Crippen LogP contribution >= 0.6 is 0 Å². The van der Waals surface area contributed by atoms with Crippen molar-refractivity contribution in [1.29, 1.82) is 0 Å². The summed E-state index contributed by atoms with van der Waals surface area (Å²) in [6.07, 6.45) is 0. The van der Waals surface area contributed by atoms with Gasteiger partial charge in [0.25, 0.3) is 5.91 Å². The van der Waals surface area contributed by atoms with Gasteiger partial charge in [-0.15, -0.1) is 10.2 Å². The van der Waals surface area contributed by atoms with E-state index in [9.17, 15) is 4.79 Å². The summed E-state index contributed by atoms with van der Waals surface area (Å²) in [5.74, 6) is 4.70. The number of aryl methyl sites for hydroxylation is 3. The summed E-state index contributed by atoms with van der Waals surface area (Å²) >= 11 is 0. The normalized spacial score (nSPS) is 9.97. The van der Waals surface area contributed by atoms with E-state index in [1.165, 1.54) is 16.7 Å². The van der Waals surface area contributed by atoms with Crippen LogP contribution in [-0.4, -0.2) is 20.9 Å². The van der Waals surface area contributed by atoms with Gasteiger partial charge in [-0.05, 0) is 87.1 Å². The van der Waals surface area contributed by atoms with Gasteiger partial charge in [0.2, 0.25) is 0 Å². The minimum absolute atomic E-state index is 0.267. The third kappa shape index (κ3) is 5.37. The molecular weight excluding hydrogens is 384 g/mol. The number of amides is 1. The molecule has 0 aliphatic heterocycles. The molecule has 0 aliphatic carbocycles. The number of para-hydroxylation sites is 1. The molecule has 4 rings (SSSR count). The first kappa shape index (κ1) is 21.8. The zero-order valence-corrected chi connectivity index (χ0v) is 18.5. The number of rotatable bonds is 2. The fourth-order valence-electron chi connectivity index (χ4n) is 3.17. The smallest absolute Gasteiger partial charge is 0.300 e. The molecule has 4 aromatic rings. The number of benzene rings is 3. The van der Waals surface area contributed by atoms with Gasteiger partial charge in [-0.3, -0.25) is 4.79 Å². The van der Waals surface area contributed by atoms with E-state index >= 15 is 0 Å². The van der Waals surface area contributed by atoms with Crippen LogP contribution in [0, 0.1) is 39.5 Å². The number of hydrogen-bond donors (Lipinski definition) is 1. The first-order chi connectivity index (χ1) is 14.9. The van der Waals surface area contributed by atoms with E-state index in [2.05, 4.69) is 60.3 Å². The molecule has 0 atom stereocenters. The minimum atomic E-state index is -0.267. The van der Waals surface area contributed by atoms with Gasteiger partial charge >= 0.3 is 0 Å². The highest BCUT2D eigenvalue weighted by Crippen LogP contribution is 2.20. The maximum atomic E-state index is 11.1. The molecule has 0 unspecified atom stereocenters. The number of anilines is 1. The summed E-state index contributed by atoms with van der Waals surface area (Å²) < 4.78 is 0. The Morgan fingerprint density at radius 3 is 2.10 bits per heavy atom. The van der Waals surface area contributed by atoms with Crippen molar-refractivity contribution in [3.8, 4) is 17.5 Å². The summed E-state index contributed by atoms with van der Waals surface area (Å²) in [7, 11) is 0. The van der Waals surface area contributed by atoms with Crippen molar-refractivity contribution in [2.45, 2.75) is 34.6 Å². The standard InChI is InChI=1S/C15H15N3.C11H11NO/c1-10-8-11(2)12(3)15(9-10)18-16-13-6-4-5-7-14(13)17-18;1-3-6-11(13)12-10-8-5-4-7-9(10)2/h4-9H,1-3H3;4-5,7-8H,1-2H3,(H,12,13). The molecule has 1 aromatic heterocycles. The predicted molar refractivity (Wildman–Crippen MR) is 126 cm³/mol. The van der Waals surface area contributed by atoms with E-state index in [1.807, 2.05) is 55.5 Å². The second-order valence-electron chi connectivity index (χ2n) is 7.35. The van der Waals surface area contributed by atoms with Crippen LogP contribution in [-0.2, 0) is 4.79 Å². The quantitative estimate of drug-likeness (QED) is 0.456. The summed E-state index contributed by atoms with van der Waals surface area (Å²) in [6, 6.07) is 19.8. The van der Waals surface area contributed by atoms with Crippen LogP contribution in [0.3, 0.4) is 0 Å². The molecule has 0 aliphatic rings. The van der Waals surface area contributed by atoms with Gasteiger partial charge in [-0.1, -0.05) is 42.3 Å². The Bertz CT molecular complexity index is 1260. The highest BCUT2D eigenvalue weighted by atomic mass is 16.1. The molecule has 1 heterocycles. The lowest BCUT2D eigenvalue weighted by atomic mass is 10.1. The van der Waals surface area contributed by atoms with Gasteiger partial charge in [0.1, 0.15) is 11.0 Å². The average molecular weight is 411 g/mol. The van der Waals surface area contributed by atoms with E-state index in [0.717, 1.165) is 28.0 Å². The maximum absolute atomic E-state index is 11.1. The second kappa shape index (κ2) is 9.73. The molecule has 3 aromatic carbocycles. The SMILES string of the molecule is CC#CC(=O)Nc1ccccc1C.Cc1cc(C)c(C)c(-n2nc3ccccc3n2)c1. The molecular formula is C26H26N4O. The van der Waals surface area contributed by atoms with Gasteiger partial charge in [0, 0.05) is 5.69 Å². The first-order valence-electron chi connectivity index (χ1n) is 10.1. The Morgan fingerprint density at radius 1 is 0.871 bits per heavy atom. The van der Waals surface area contributed by atoms with Gasteiger partial charge in [-0.2, -0.15) is 4.80 Å². The van der Waals surface area contributed by atoms with Crippen LogP contribution in [0.25, 0.3) is 16.7 Å². The molecule has 5 nitrogen and oxygen atoms in total. The van der Waals surface area contributed by atoms with Crippen LogP contribution in [0.1, 0.15) is 29.2 Å². The van der Waals surface area contributed by atoms with Crippen LogP contribution in [0.2, 0.25) is 0 Å². The van der Waals surface area contributed by atoms with Crippen LogP contribution < -0.4 is 5.32 Å². The van der Waals surface area contributed by atoms with E-state index in [1.54, 1.807) is 11.7 Å². The lowest BCUT2D eigenvalue weighted by Crippen LogP contribution is -2.09. The van der Waals surface area contributed by atoms with Crippen molar-refractivity contribution in [3.63, 3.8) is 0 Å². The molecule has 0 bridgehead atoms. The summed E-state index contributed by atoms with van der Waals surface area (Å²) in [5.41, 5.74) is 8.49. The highest BCUT2D eigenvalue weighted by molar-refractivity contribution is 6.04. The Morgan fingerprint density at radius 2 is 1.48 bits per heavy atom. The Hall–Kier alpha value is -3.91. The molecule has 5 heteroatoms.